The first-order valence-electron chi connectivity index (χ1n) is 7.61. The third-order valence-electron chi connectivity index (χ3n) is 3.66. The average molecular weight is 397 g/mol. The molecular formula is C16H21BrN4OS. The van der Waals surface area contributed by atoms with Gasteiger partial charge in [0.2, 0.25) is 5.16 Å². The van der Waals surface area contributed by atoms with Crippen molar-refractivity contribution in [3.05, 3.63) is 35.7 Å². The summed E-state index contributed by atoms with van der Waals surface area (Å²) < 4.78 is 7.11. The molecule has 3 rings (SSSR count). The zero-order valence-electron chi connectivity index (χ0n) is 13.4. The van der Waals surface area contributed by atoms with Crippen molar-refractivity contribution in [2.24, 2.45) is 5.10 Å². The monoisotopic (exact) mass is 396 g/mol. The van der Waals surface area contributed by atoms with E-state index in [0.717, 1.165) is 46.6 Å². The molecule has 0 fully saturated rings. The van der Waals surface area contributed by atoms with Gasteiger partial charge in [0.05, 0.1) is 12.8 Å². The van der Waals surface area contributed by atoms with Crippen molar-refractivity contribution in [2.75, 3.05) is 12.9 Å². The fourth-order valence-electron chi connectivity index (χ4n) is 2.38. The summed E-state index contributed by atoms with van der Waals surface area (Å²) in [4.78, 5) is 0. The number of thioether (sulfide) groups is 1. The summed E-state index contributed by atoms with van der Waals surface area (Å²) >= 11 is 1.69. The highest BCUT2D eigenvalue weighted by Gasteiger charge is 2.19. The van der Waals surface area contributed by atoms with Gasteiger partial charge >= 0.3 is 0 Å². The van der Waals surface area contributed by atoms with Gasteiger partial charge in [-0.25, -0.2) is 0 Å². The molecule has 0 aliphatic carbocycles. The third-order valence-corrected chi connectivity index (χ3v) is 4.59. The summed E-state index contributed by atoms with van der Waals surface area (Å²) in [6, 6.07) is 8.02. The second kappa shape index (κ2) is 8.49. The van der Waals surface area contributed by atoms with Crippen molar-refractivity contribution in [3.63, 3.8) is 0 Å². The van der Waals surface area contributed by atoms with E-state index in [-0.39, 0.29) is 17.0 Å². The molecule has 2 heterocycles. The van der Waals surface area contributed by atoms with E-state index in [9.17, 15) is 0 Å². The van der Waals surface area contributed by atoms with Crippen molar-refractivity contribution in [2.45, 2.75) is 37.8 Å². The Hall–Kier alpha value is -1.34. The van der Waals surface area contributed by atoms with E-state index in [1.165, 1.54) is 12.8 Å². The van der Waals surface area contributed by atoms with Gasteiger partial charge in [0.1, 0.15) is 5.75 Å². The maximum atomic E-state index is 5.20. The van der Waals surface area contributed by atoms with Crippen LogP contribution in [0.5, 0.6) is 5.75 Å². The van der Waals surface area contributed by atoms with Gasteiger partial charge in [-0.1, -0.05) is 31.5 Å². The molecule has 0 unspecified atom stereocenters. The second-order valence-corrected chi connectivity index (χ2v) is 6.17. The molecule has 0 atom stereocenters. The first-order chi connectivity index (χ1) is 10.8. The van der Waals surface area contributed by atoms with Crippen molar-refractivity contribution in [1.29, 1.82) is 0 Å². The number of ether oxygens (including phenoxy) is 1. The van der Waals surface area contributed by atoms with E-state index in [4.69, 9.17) is 9.84 Å². The minimum atomic E-state index is 0. The number of aromatic nitrogens is 3. The lowest BCUT2D eigenvalue weighted by molar-refractivity contribution is 0.415. The molecule has 1 aliphatic rings. The molecule has 1 aromatic heterocycles. The fraction of sp³-hybridized carbons (Fsp3) is 0.438. The number of hydrogen-bond donors (Lipinski definition) is 0. The Labute approximate surface area is 151 Å². The maximum Gasteiger partial charge on any atom is 0.212 e. The molecule has 0 N–H and O–H groups in total. The standard InChI is InChI=1S/C16H20N4OS.BrH/c1-3-4-5-6-15-17-18-16-20(15)19-14(11-22-16)12-7-9-13(21-2)10-8-12;/h7-10H,3-6,11H2,1-2H3;1H. The number of benzene rings is 1. The largest absolute Gasteiger partial charge is 0.497 e. The molecule has 0 spiro atoms. The molecule has 124 valence electrons. The Morgan fingerprint density at radius 1 is 1.17 bits per heavy atom. The number of halogens is 1. The van der Waals surface area contributed by atoms with Crippen LogP contribution in [0.3, 0.4) is 0 Å². The molecular weight excluding hydrogens is 376 g/mol. The molecule has 0 amide bonds. The Morgan fingerprint density at radius 3 is 2.65 bits per heavy atom. The van der Waals surface area contributed by atoms with Gasteiger partial charge < -0.3 is 4.74 Å². The first kappa shape index (κ1) is 18.0. The van der Waals surface area contributed by atoms with Crippen molar-refractivity contribution in [3.8, 4) is 5.75 Å². The van der Waals surface area contributed by atoms with Crippen LogP contribution in [0, 0.1) is 0 Å². The van der Waals surface area contributed by atoms with Gasteiger partial charge in [-0.2, -0.15) is 9.78 Å². The zero-order chi connectivity index (χ0) is 15.4. The normalized spacial score (nSPS) is 13.0. The van der Waals surface area contributed by atoms with Gasteiger partial charge in [-0.05, 0) is 36.2 Å². The minimum absolute atomic E-state index is 0. The van der Waals surface area contributed by atoms with Crippen molar-refractivity contribution >= 4 is 34.5 Å². The van der Waals surface area contributed by atoms with E-state index < -0.39 is 0 Å². The van der Waals surface area contributed by atoms with Crippen LogP contribution in [0.4, 0.5) is 0 Å². The van der Waals surface area contributed by atoms with Gasteiger partial charge in [0.15, 0.2) is 5.82 Å². The Kier molecular flexibility index (Phi) is 6.65. The van der Waals surface area contributed by atoms with Gasteiger partial charge in [0, 0.05) is 12.2 Å². The van der Waals surface area contributed by atoms with Crippen LogP contribution in [0.25, 0.3) is 0 Å². The number of methoxy groups -OCH3 is 1. The Morgan fingerprint density at radius 2 is 1.96 bits per heavy atom. The van der Waals surface area contributed by atoms with Crippen LogP contribution in [0.1, 0.15) is 37.6 Å². The SMILES string of the molecule is Br.CCCCCc1nnc2n1N=C(c1ccc(OC)cc1)CS2. The van der Waals surface area contributed by atoms with Crippen LogP contribution in [0.15, 0.2) is 34.5 Å². The predicted molar refractivity (Wildman–Crippen MR) is 99.2 cm³/mol. The summed E-state index contributed by atoms with van der Waals surface area (Å²) in [5.74, 6) is 2.64. The molecule has 7 heteroatoms. The average Bonchev–Trinajstić information content (AvgIpc) is 2.98. The molecule has 1 aliphatic heterocycles. The van der Waals surface area contributed by atoms with E-state index in [1.807, 2.05) is 28.9 Å². The topological polar surface area (TPSA) is 52.3 Å². The third kappa shape index (κ3) is 4.14. The smallest absolute Gasteiger partial charge is 0.212 e. The van der Waals surface area contributed by atoms with Crippen LogP contribution >= 0.6 is 28.7 Å². The highest BCUT2D eigenvalue weighted by molar-refractivity contribution is 8.93. The van der Waals surface area contributed by atoms with E-state index in [0.29, 0.717) is 0 Å². The summed E-state index contributed by atoms with van der Waals surface area (Å²) in [7, 11) is 1.68. The molecule has 0 radical (unpaired) electrons. The molecule has 5 nitrogen and oxygen atoms in total. The highest BCUT2D eigenvalue weighted by atomic mass is 79.9. The molecule has 0 saturated carbocycles. The lowest BCUT2D eigenvalue weighted by atomic mass is 10.1. The second-order valence-electron chi connectivity index (χ2n) is 5.23. The number of hydrogen-bond acceptors (Lipinski definition) is 5. The number of rotatable bonds is 6. The molecule has 23 heavy (non-hydrogen) atoms. The molecule has 1 aromatic carbocycles. The summed E-state index contributed by atoms with van der Waals surface area (Å²) in [6.45, 7) is 2.20. The van der Waals surface area contributed by atoms with E-state index in [1.54, 1.807) is 18.9 Å². The predicted octanol–water partition coefficient (Wildman–Crippen LogP) is 3.96. The van der Waals surface area contributed by atoms with Gasteiger partial charge in [0.25, 0.3) is 0 Å². The zero-order valence-corrected chi connectivity index (χ0v) is 15.9. The van der Waals surface area contributed by atoms with Crippen molar-refractivity contribution < 1.29 is 4.74 Å². The van der Waals surface area contributed by atoms with E-state index in [2.05, 4.69) is 17.1 Å². The number of aryl methyl sites for hydroxylation is 1. The van der Waals surface area contributed by atoms with Gasteiger partial charge in [-0.3, -0.25) is 0 Å². The number of unbranched alkanes of at least 4 members (excludes halogenated alkanes) is 2. The van der Waals surface area contributed by atoms with Crippen LogP contribution < -0.4 is 4.74 Å². The van der Waals surface area contributed by atoms with E-state index >= 15 is 0 Å². The quantitative estimate of drug-likeness (QED) is 0.693. The lowest BCUT2D eigenvalue weighted by Gasteiger charge is -2.14. The van der Waals surface area contributed by atoms with Crippen LogP contribution in [0.2, 0.25) is 0 Å². The van der Waals surface area contributed by atoms with Gasteiger partial charge in [-0.15, -0.1) is 27.2 Å². The summed E-state index contributed by atoms with van der Waals surface area (Å²) in [6.07, 6.45) is 4.48. The molecule has 0 bridgehead atoms. The van der Waals surface area contributed by atoms with Crippen LogP contribution in [-0.4, -0.2) is 33.4 Å². The van der Waals surface area contributed by atoms with Crippen LogP contribution in [-0.2, 0) is 6.42 Å². The first-order valence-corrected chi connectivity index (χ1v) is 8.59. The molecule has 0 saturated heterocycles. The number of nitrogens with zero attached hydrogens (tertiary/aromatic N) is 4. The van der Waals surface area contributed by atoms with Crippen molar-refractivity contribution in [1.82, 2.24) is 14.9 Å². The summed E-state index contributed by atoms with van der Waals surface area (Å²) in [5.41, 5.74) is 2.17. The Bertz CT molecular complexity index is 669. The fourth-order valence-corrected chi connectivity index (χ4v) is 3.24. The maximum absolute atomic E-state index is 5.20. The molecule has 2 aromatic rings. The highest BCUT2D eigenvalue weighted by Crippen LogP contribution is 2.25. The summed E-state index contributed by atoms with van der Waals surface area (Å²) in [5, 5.41) is 14.2. The minimum Gasteiger partial charge on any atom is -0.497 e. The Balaban J connectivity index is 0.00000192. The lowest BCUT2D eigenvalue weighted by Crippen LogP contribution is -2.14. The number of fused-ring (bicyclic) bond motifs is 1.